The molecule has 4 nitrogen and oxygen atoms in total. The van der Waals surface area contributed by atoms with Crippen LogP contribution in [0.25, 0.3) is 76.5 Å². The van der Waals surface area contributed by atoms with E-state index in [2.05, 4.69) is 222 Å². The molecule has 1 aromatic heterocycles. The summed E-state index contributed by atoms with van der Waals surface area (Å²) in [4.78, 5) is 4.88. The van der Waals surface area contributed by atoms with Gasteiger partial charge in [0, 0.05) is 44.9 Å². The zero-order valence-electron chi connectivity index (χ0n) is 35.0. The maximum atomic E-state index is 7.23. The maximum Gasteiger partial charge on any atom is 0.261 e. The molecule has 3 aliphatic heterocycles. The lowest BCUT2D eigenvalue weighted by atomic mass is 9.32. The lowest BCUT2D eigenvalue weighted by molar-refractivity contribution is 0.488. The third-order valence-electron chi connectivity index (χ3n) is 14.1. The molecule has 4 heterocycles. The molecule has 15 rings (SSSR count). The van der Waals surface area contributed by atoms with Crippen LogP contribution in [0, 0.1) is 0 Å². The second kappa shape index (κ2) is 13.0. The van der Waals surface area contributed by atoms with E-state index in [1.165, 1.54) is 71.2 Å². The van der Waals surface area contributed by atoms with Gasteiger partial charge in [-0.2, -0.15) is 0 Å². The minimum absolute atomic E-state index is 0.0112. The van der Waals surface area contributed by atoms with Gasteiger partial charge in [-0.25, -0.2) is 0 Å². The summed E-state index contributed by atoms with van der Waals surface area (Å²) in [5, 5.41) is 9.41. The molecule has 0 N–H and O–H groups in total. The van der Waals surface area contributed by atoms with Crippen LogP contribution in [-0.2, 0) is 0 Å². The molecule has 0 saturated carbocycles. The van der Waals surface area contributed by atoms with Crippen molar-refractivity contribution in [3.63, 3.8) is 0 Å². The van der Waals surface area contributed by atoms with Gasteiger partial charge in [0.15, 0.2) is 0 Å². The summed E-state index contributed by atoms with van der Waals surface area (Å²) in [7, 11) is 0. The number of anilines is 6. The molecule has 3 aliphatic rings. The third kappa shape index (κ3) is 4.81. The molecule has 0 radical (unpaired) electrons. The number of nitrogens with zero attached hydrogens (tertiary/aromatic N) is 2. The van der Waals surface area contributed by atoms with Gasteiger partial charge in [0.1, 0.15) is 22.7 Å². The van der Waals surface area contributed by atoms with Crippen LogP contribution in [0.4, 0.5) is 34.1 Å². The number of rotatable bonds is 4. The van der Waals surface area contributed by atoms with Crippen LogP contribution >= 0.6 is 0 Å². The van der Waals surface area contributed by atoms with Gasteiger partial charge in [0.25, 0.3) is 6.71 Å². The van der Waals surface area contributed by atoms with Crippen LogP contribution in [0.2, 0.25) is 0 Å². The van der Waals surface area contributed by atoms with E-state index < -0.39 is 0 Å². The first-order valence-corrected chi connectivity index (χ1v) is 22.4. The van der Waals surface area contributed by atoms with Gasteiger partial charge in [0.2, 0.25) is 0 Å². The largest absolute Gasteiger partial charge is 0.458 e. The Kier molecular flexibility index (Phi) is 7.00. The molecule has 11 aromatic carbocycles. The number of benzene rings is 11. The van der Waals surface area contributed by atoms with Crippen LogP contribution < -0.4 is 30.9 Å². The standard InChI is InChI=1S/C60H35BN2O2/c1-3-17-40(18-4-1)62-48-25-13-26-49-58(48)61-59-50(62)27-14-28-53(59)65-55-35-39(33-51(60(55)61)63(49)41-19-5-2-6-20-41)57-44-23-11-9-21-42(44)56(43-22-10-12-24-45(43)57)38-29-30-52-46(32-38)47-31-36-15-7-8-16-37(36)34-54(47)64-52/h1-35H. The van der Waals surface area contributed by atoms with Crippen molar-refractivity contribution in [1.82, 2.24) is 0 Å². The van der Waals surface area contributed by atoms with Crippen molar-refractivity contribution in [3.05, 3.63) is 212 Å². The normalized spacial score (nSPS) is 13.3. The van der Waals surface area contributed by atoms with Crippen molar-refractivity contribution in [3.8, 4) is 33.8 Å². The molecule has 0 amide bonds. The van der Waals surface area contributed by atoms with E-state index in [0.29, 0.717) is 0 Å². The van der Waals surface area contributed by atoms with Crippen LogP contribution in [0.15, 0.2) is 217 Å². The Hall–Kier alpha value is -8.54. The maximum absolute atomic E-state index is 7.23. The van der Waals surface area contributed by atoms with Gasteiger partial charge >= 0.3 is 0 Å². The predicted octanol–water partition coefficient (Wildman–Crippen LogP) is 14.6. The molecule has 0 aliphatic carbocycles. The Morgan fingerprint density at radius 3 is 1.51 bits per heavy atom. The number of fused-ring (bicyclic) bond motifs is 6. The van der Waals surface area contributed by atoms with Crippen molar-refractivity contribution in [2.45, 2.75) is 0 Å². The van der Waals surface area contributed by atoms with Gasteiger partial charge in [-0.15, -0.1) is 0 Å². The van der Waals surface area contributed by atoms with Gasteiger partial charge in [-0.1, -0.05) is 127 Å². The lowest BCUT2D eigenvalue weighted by Gasteiger charge is -2.46. The molecule has 0 saturated heterocycles. The summed E-state index contributed by atoms with van der Waals surface area (Å²) < 4.78 is 13.7. The molecule has 300 valence electrons. The summed E-state index contributed by atoms with van der Waals surface area (Å²) in [5.41, 5.74) is 17.1. The summed E-state index contributed by atoms with van der Waals surface area (Å²) in [5.74, 6) is 1.79. The fourth-order valence-corrected chi connectivity index (χ4v) is 11.5. The van der Waals surface area contributed by atoms with Gasteiger partial charge in [-0.3, -0.25) is 0 Å². The first kappa shape index (κ1) is 35.0. The highest BCUT2D eigenvalue weighted by Crippen LogP contribution is 2.51. The average Bonchev–Trinajstić information content (AvgIpc) is 3.71. The number of furan rings is 1. The molecule has 0 unspecified atom stereocenters. The second-order valence-electron chi connectivity index (χ2n) is 17.5. The average molecular weight is 827 g/mol. The minimum Gasteiger partial charge on any atom is -0.458 e. The molecule has 5 heteroatoms. The van der Waals surface area contributed by atoms with Gasteiger partial charge in [-0.05, 0) is 156 Å². The van der Waals surface area contributed by atoms with E-state index in [4.69, 9.17) is 9.15 Å². The Morgan fingerprint density at radius 2 is 0.846 bits per heavy atom. The number of ether oxygens (including phenoxy) is 1. The Labute approximate surface area is 374 Å². The molecule has 0 bridgehead atoms. The van der Waals surface area contributed by atoms with Crippen molar-refractivity contribution in [2.75, 3.05) is 9.80 Å². The van der Waals surface area contributed by atoms with E-state index in [-0.39, 0.29) is 6.71 Å². The molecule has 65 heavy (non-hydrogen) atoms. The highest BCUT2D eigenvalue weighted by atomic mass is 16.5. The minimum atomic E-state index is -0.0112. The van der Waals surface area contributed by atoms with E-state index in [9.17, 15) is 0 Å². The highest BCUT2D eigenvalue weighted by Gasteiger charge is 2.48. The molecule has 12 aromatic rings. The summed E-state index contributed by atoms with van der Waals surface area (Å²) in [6.07, 6.45) is 0. The Balaban J connectivity index is 0.994. The lowest BCUT2D eigenvalue weighted by Crippen LogP contribution is -2.63. The summed E-state index contributed by atoms with van der Waals surface area (Å²) in [6.45, 7) is -0.0112. The zero-order chi connectivity index (χ0) is 42.3. The van der Waals surface area contributed by atoms with E-state index >= 15 is 0 Å². The summed E-state index contributed by atoms with van der Waals surface area (Å²) in [6, 6.07) is 77.1. The van der Waals surface area contributed by atoms with Crippen LogP contribution in [0.5, 0.6) is 11.5 Å². The smallest absolute Gasteiger partial charge is 0.261 e. The van der Waals surface area contributed by atoms with Crippen LogP contribution in [-0.4, -0.2) is 6.71 Å². The molecule has 0 fully saturated rings. The summed E-state index contributed by atoms with van der Waals surface area (Å²) >= 11 is 0. The van der Waals surface area contributed by atoms with Crippen molar-refractivity contribution in [2.24, 2.45) is 0 Å². The first-order valence-electron chi connectivity index (χ1n) is 22.4. The highest BCUT2D eigenvalue weighted by molar-refractivity contribution is 7.01. The van der Waals surface area contributed by atoms with Crippen LogP contribution in [0.1, 0.15) is 0 Å². The topological polar surface area (TPSA) is 28.9 Å². The molecule has 0 atom stereocenters. The third-order valence-corrected chi connectivity index (χ3v) is 14.1. The molecular formula is C60H35BN2O2. The second-order valence-corrected chi connectivity index (χ2v) is 17.5. The zero-order valence-corrected chi connectivity index (χ0v) is 35.0. The van der Waals surface area contributed by atoms with Gasteiger partial charge in [0.05, 0.1) is 0 Å². The fraction of sp³-hybridized carbons (Fsp3) is 0. The molecular weight excluding hydrogens is 791 g/mol. The number of hydrogen-bond acceptors (Lipinski definition) is 4. The molecule has 0 spiro atoms. The van der Waals surface area contributed by atoms with Crippen molar-refractivity contribution < 1.29 is 9.15 Å². The number of hydrogen-bond donors (Lipinski definition) is 0. The van der Waals surface area contributed by atoms with E-state index in [1.54, 1.807) is 0 Å². The van der Waals surface area contributed by atoms with E-state index in [0.717, 1.165) is 67.3 Å². The first-order chi connectivity index (χ1) is 32.2. The SMILES string of the molecule is c1ccc(N2c3cccc4c3B3c5c(cc(-c6c7ccccc7c(-c7ccc8oc9cc%10ccccc%10cc9c8c7)c7ccccc67)cc5N(c5ccccc5)c5cccc2c53)O4)cc1. The monoisotopic (exact) mass is 826 g/mol. The Bertz CT molecular complexity index is 3950. The van der Waals surface area contributed by atoms with Gasteiger partial charge < -0.3 is 19.0 Å². The Morgan fingerprint density at radius 1 is 0.323 bits per heavy atom. The van der Waals surface area contributed by atoms with Crippen molar-refractivity contribution in [1.29, 1.82) is 0 Å². The number of para-hydroxylation sites is 2. The van der Waals surface area contributed by atoms with E-state index in [1.807, 2.05) is 0 Å². The fourth-order valence-electron chi connectivity index (χ4n) is 11.5. The predicted molar refractivity (Wildman–Crippen MR) is 271 cm³/mol. The quantitative estimate of drug-likeness (QED) is 0.131. The van der Waals surface area contributed by atoms with Crippen LogP contribution in [0.3, 0.4) is 0 Å². The van der Waals surface area contributed by atoms with Crippen molar-refractivity contribution >= 4 is 111 Å².